The summed E-state index contributed by atoms with van der Waals surface area (Å²) in [7, 11) is 1.55. The fraction of sp³-hybridized carbons (Fsp3) is 0.357. The van der Waals surface area contributed by atoms with Gasteiger partial charge in [0.15, 0.2) is 0 Å². The fourth-order valence-corrected chi connectivity index (χ4v) is 1.64. The third-order valence-corrected chi connectivity index (χ3v) is 2.75. The molecule has 2 amide bonds. The Labute approximate surface area is 118 Å². The zero-order valence-electron chi connectivity index (χ0n) is 11.9. The van der Waals surface area contributed by atoms with Gasteiger partial charge in [-0.05, 0) is 26.0 Å². The third kappa shape index (κ3) is 4.08. The highest BCUT2D eigenvalue weighted by atomic mass is 16.5. The minimum Gasteiger partial charge on any atom is -0.496 e. The number of nitrogens with zero attached hydrogens (tertiary/aromatic N) is 2. The molecule has 1 N–H and O–H groups in total. The van der Waals surface area contributed by atoms with Crippen LogP contribution in [0.2, 0.25) is 0 Å². The SMILES string of the molecule is CCN(CC)C(=O)C(=O)NN=Cc1ccccc1OC. The summed E-state index contributed by atoms with van der Waals surface area (Å²) in [6.07, 6.45) is 1.44. The van der Waals surface area contributed by atoms with Crippen molar-refractivity contribution in [1.29, 1.82) is 0 Å². The van der Waals surface area contributed by atoms with Crippen LogP contribution in [-0.2, 0) is 9.59 Å². The van der Waals surface area contributed by atoms with Crippen molar-refractivity contribution in [3.8, 4) is 5.75 Å². The highest BCUT2D eigenvalue weighted by Crippen LogP contribution is 2.14. The summed E-state index contributed by atoms with van der Waals surface area (Å²) in [6, 6.07) is 7.23. The molecule has 0 saturated heterocycles. The molecule has 0 aliphatic rings. The summed E-state index contributed by atoms with van der Waals surface area (Å²) in [5.41, 5.74) is 2.93. The monoisotopic (exact) mass is 277 g/mol. The molecule has 0 saturated carbocycles. The van der Waals surface area contributed by atoms with Crippen LogP contribution in [0.5, 0.6) is 5.75 Å². The van der Waals surface area contributed by atoms with E-state index in [1.54, 1.807) is 19.2 Å². The van der Waals surface area contributed by atoms with Crippen LogP contribution >= 0.6 is 0 Å². The van der Waals surface area contributed by atoms with Crippen LogP contribution in [0, 0.1) is 0 Å². The van der Waals surface area contributed by atoms with E-state index in [0.29, 0.717) is 24.4 Å². The Morgan fingerprint density at radius 2 is 1.95 bits per heavy atom. The summed E-state index contributed by atoms with van der Waals surface area (Å²) in [5, 5.41) is 3.77. The standard InChI is InChI=1S/C14H19N3O3/c1-4-17(5-2)14(19)13(18)16-15-10-11-8-6-7-9-12(11)20-3/h6-10H,4-5H2,1-3H3,(H,16,18). The Bertz CT molecular complexity index is 496. The van der Waals surface area contributed by atoms with Gasteiger partial charge in [0.2, 0.25) is 0 Å². The number of methoxy groups -OCH3 is 1. The Kier molecular flexibility index (Phi) is 6.22. The lowest BCUT2D eigenvalue weighted by Crippen LogP contribution is -2.41. The lowest BCUT2D eigenvalue weighted by Gasteiger charge is -2.16. The molecule has 1 rings (SSSR count). The fourth-order valence-electron chi connectivity index (χ4n) is 1.64. The van der Waals surface area contributed by atoms with E-state index in [1.165, 1.54) is 11.1 Å². The van der Waals surface area contributed by atoms with Gasteiger partial charge in [0, 0.05) is 18.7 Å². The first-order valence-corrected chi connectivity index (χ1v) is 6.39. The Balaban J connectivity index is 2.64. The topological polar surface area (TPSA) is 71.0 Å². The van der Waals surface area contributed by atoms with Gasteiger partial charge in [0.1, 0.15) is 5.75 Å². The average Bonchev–Trinajstić information content (AvgIpc) is 2.48. The number of para-hydroxylation sites is 1. The van der Waals surface area contributed by atoms with Crippen molar-refractivity contribution < 1.29 is 14.3 Å². The second-order valence-electron chi connectivity index (χ2n) is 3.92. The maximum Gasteiger partial charge on any atom is 0.329 e. The molecular weight excluding hydrogens is 258 g/mol. The van der Waals surface area contributed by atoms with E-state index in [0.717, 1.165) is 0 Å². The van der Waals surface area contributed by atoms with Crippen LogP contribution in [0.3, 0.4) is 0 Å². The maximum atomic E-state index is 11.7. The second-order valence-corrected chi connectivity index (χ2v) is 3.92. The first-order chi connectivity index (χ1) is 9.63. The van der Waals surface area contributed by atoms with E-state index in [1.807, 2.05) is 26.0 Å². The largest absolute Gasteiger partial charge is 0.496 e. The Morgan fingerprint density at radius 1 is 1.30 bits per heavy atom. The van der Waals surface area contributed by atoms with E-state index in [2.05, 4.69) is 10.5 Å². The number of carbonyl (C=O) groups is 2. The molecule has 0 spiro atoms. The molecule has 6 heteroatoms. The predicted octanol–water partition coefficient (Wildman–Crippen LogP) is 1.01. The molecule has 1 aromatic rings. The molecule has 0 unspecified atom stereocenters. The molecule has 0 bridgehead atoms. The van der Waals surface area contributed by atoms with E-state index < -0.39 is 11.8 Å². The minimum atomic E-state index is -0.750. The maximum absolute atomic E-state index is 11.7. The normalized spacial score (nSPS) is 10.3. The first kappa shape index (κ1) is 15.7. The molecular formula is C14H19N3O3. The van der Waals surface area contributed by atoms with Gasteiger partial charge in [-0.25, -0.2) is 5.43 Å². The van der Waals surface area contributed by atoms with Gasteiger partial charge in [0.25, 0.3) is 0 Å². The lowest BCUT2D eigenvalue weighted by atomic mass is 10.2. The smallest absolute Gasteiger partial charge is 0.329 e. The van der Waals surface area contributed by atoms with Crippen molar-refractivity contribution in [1.82, 2.24) is 10.3 Å². The molecule has 6 nitrogen and oxygen atoms in total. The van der Waals surface area contributed by atoms with E-state index in [4.69, 9.17) is 4.74 Å². The highest BCUT2D eigenvalue weighted by Gasteiger charge is 2.18. The van der Waals surface area contributed by atoms with Gasteiger partial charge >= 0.3 is 11.8 Å². The van der Waals surface area contributed by atoms with Crippen LogP contribution in [-0.4, -0.2) is 43.1 Å². The molecule has 0 aromatic heterocycles. The van der Waals surface area contributed by atoms with Gasteiger partial charge in [-0.3, -0.25) is 9.59 Å². The summed E-state index contributed by atoms with van der Waals surface area (Å²) in [6.45, 7) is 4.59. The number of ether oxygens (including phenoxy) is 1. The number of hydrogen-bond acceptors (Lipinski definition) is 4. The molecule has 20 heavy (non-hydrogen) atoms. The summed E-state index contributed by atoms with van der Waals surface area (Å²) >= 11 is 0. The van der Waals surface area contributed by atoms with Crippen molar-refractivity contribution >= 4 is 18.0 Å². The number of likely N-dealkylation sites (N-methyl/N-ethyl adjacent to an activating group) is 1. The number of hydrazone groups is 1. The van der Waals surface area contributed by atoms with Crippen LogP contribution in [0.15, 0.2) is 29.4 Å². The zero-order chi connectivity index (χ0) is 15.0. The third-order valence-electron chi connectivity index (χ3n) is 2.75. The van der Waals surface area contributed by atoms with Gasteiger partial charge in [-0.1, -0.05) is 12.1 Å². The summed E-state index contributed by atoms with van der Waals surface area (Å²) in [5.74, 6) is -0.701. The van der Waals surface area contributed by atoms with E-state index >= 15 is 0 Å². The van der Waals surface area contributed by atoms with E-state index in [9.17, 15) is 9.59 Å². The number of carbonyl (C=O) groups excluding carboxylic acids is 2. The number of hydrogen-bond donors (Lipinski definition) is 1. The lowest BCUT2D eigenvalue weighted by molar-refractivity contribution is -0.145. The number of benzene rings is 1. The minimum absolute atomic E-state index is 0.485. The Morgan fingerprint density at radius 3 is 2.55 bits per heavy atom. The Hall–Kier alpha value is -2.37. The molecule has 0 radical (unpaired) electrons. The van der Waals surface area contributed by atoms with Crippen molar-refractivity contribution in [3.63, 3.8) is 0 Å². The van der Waals surface area contributed by atoms with Crippen LogP contribution in [0.4, 0.5) is 0 Å². The summed E-state index contributed by atoms with van der Waals surface area (Å²) < 4.78 is 5.14. The number of nitrogens with one attached hydrogen (secondary N) is 1. The molecule has 1 aromatic carbocycles. The predicted molar refractivity (Wildman–Crippen MR) is 76.7 cm³/mol. The van der Waals surface area contributed by atoms with Gasteiger partial charge in [-0.15, -0.1) is 0 Å². The van der Waals surface area contributed by atoms with Crippen molar-refractivity contribution in [2.24, 2.45) is 5.10 Å². The second kappa shape index (κ2) is 7.93. The number of amides is 2. The van der Waals surface area contributed by atoms with Crippen molar-refractivity contribution in [2.45, 2.75) is 13.8 Å². The van der Waals surface area contributed by atoms with Crippen LogP contribution in [0.1, 0.15) is 19.4 Å². The average molecular weight is 277 g/mol. The molecule has 0 fully saturated rings. The molecule has 0 aliphatic heterocycles. The van der Waals surface area contributed by atoms with Crippen molar-refractivity contribution in [2.75, 3.05) is 20.2 Å². The van der Waals surface area contributed by atoms with E-state index in [-0.39, 0.29) is 0 Å². The molecule has 0 aliphatic carbocycles. The first-order valence-electron chi connectivity index (χ1n) is 6.39. The molecule has 108 valence electrons. The van der Waals surface area contributed by atoms with Gasteiger partial charge < -0.3 is 9.64 Å². The molecule has 0 atom stereocenters. The van der Waals surface area contributed by atoms with Crippen molar-refractivity contribution in [3.05, 3.63) is 29.8 Å². The molecule has 0 heterocycles. The van der Waals surface area contributed by atoms with Gasteiger partial charge in [-0.2, -0.15) is 5.10 Å². The highest BCUT2D eigenvalue weighted by molar-refractivity contribution is 6.34. The quantitative estimate of drug-likeness (QED) is 0.496. The van der Waals surface area contributed by atoms with Crippen LogP contribution in [0.25, 0.3) is 0 Å². The summed E-state index contributed by atoms with van der Waals surface area (Å²) in [4.78, 5) is 24.7. The number of rotatable bonds is 5. The van der Waals surface area contributed by atoms with Crippen LogP contribution < -0.4 is 10.2 Å². The van der Waals surface area contributed by atoms with Gasteiger partial charge in [0.05, 0.1) is 13.3 Å². The zero-order valence-corrected chi connectivity index (χ0v) is 11.9.